The van der Waals surface area contributed by atoms with Crippen LogP contribution in [0.3, 0.4) is 0 Å². The summed E-state index contributed by atoms with van der Waals surface area (Å²) in [6, 6.07) is 6.61. The highest BCUT2D eigenvalue weighted by Gasteiger charge is 2.39. The van der Waals surface area contributed by atoms with Gasteiger partial charge >= 0.3 is 12.1 Å². The zero-order chi connectivity index (χ0) is 23.3. The predicted octanol–water partition coefficient (Wildman–Crippen LogP) is 5.14. The van der Waals surface area contributed by atoms with Crippen LogP contribution in [0.5, 0.6) is 0 Å². The van der Waals surface area contributed by atoms with E-state index in [1.54, 1.807) is 17.5 Å². The molecule has 0 radical (unpaired) electrons. The second-order valence-corrected chi connectivity index (χ2v) is 9.14. The van der Waals surface area contributed by atoms with Crippen LogP contribution in [0.4, 0.5) is 19.0 Å². The number of carboxylic acids is 1. The average molecular weight is 465 g/mol. The third kappa shape index (κ3) is 3.92. The largest absolute Gasteiger partial charge is 0.481 e. The van der Waals surface area contributed by atoms with Crippen molar-refractivity contribution in [3.05, 3.63) is 41.6 Å². The standard InChI is InChI=1S/C22H23F3N4O2S/c1-13-18(32-3)19(28-10-4-9-21(2,12-28)20(30)31)29-17(26-13)11-16(27-29)14-5-7-15(8-6-14)22(23,24)25/h5-8,11H,4,9-10,12H2,1-3H3,(H,30,31). The lowest BCUT2D eigenvalue weighted by atomic mass is 9.82. The van der Waals surface area contributed by atoms with Crippen molar-refractivity contribution >= 4 is 29.2 Å². The molecule has 1 aromatic carbocycles. The van der Waals surface area contributed by atoms with Crippen molar-refractivity contribution < 1.29 is 23.1 Å². The maximum atomic E-state index is 12.9. The highest BCUT2D eigenvalue weighted by molar-refractivity contribution is 7.98. The van der Waals surface area contributed by atoms with Crippen LogP contribution in [0.25, 0.3) is 16.9 Å². The Labute approximate surface area is 187 Å². The molecule has 0 bridgehead atoms. The number of benzene rings is 1. The van der Waals surface area contributed by atoms with Crippen LogP contribution in [0, 0.1) is 12.3 Å². The van der Waals surface area contributed by atoms with Crippen molar-refractivity contribution in [1.82, 2.24) is 14.6 Å². The van der Waals surface area contributed by atoms with E-state index >= 15 is 0 Å². The van der Waals surface area contributed by atoms with E-state index < -0.39 is 23.1 Å². The summed E-state index contributed by atoms with van der Waals surface area (Å²) < 4.78 is 40.4. The fourth-order valence-corrected chi connectivity index (χ4v) is 4.91. The van der Waals surface area contributed by atoms with Gasteiger partial charge in [0, 0.05) is 24.7 Å². The number of aryl methyl sites for hydroxylation is 1. The van der Waals surface area contributed by atoms with E-state index in [0.717, 1.165) is 35.0 Å². The first-order valence-corrected chi connectivity index (χ1v) is 11.4. The maximum absolute atomic E-state index is 12.9. The fraction of sp³-hybridized carbons (Fsp3) is 0.409. The number of piperidine rings is 1. The van der Waals surface area contributed by atoms with Gasteiger partial charge in [-0.2, -0.15) is 22.8 Å². The Balaban J connectivity index is 1.82. The zero-order valence-electron chi connectivity index (χ0n) is 17.9. The first-order chi connectivity index (χ1) is 15.0. The number of carbonyl (C=O) groups is 1. The molecule has 1 aliphatic heterocycles. The summed E-state index contributed by atoms with van der Waals surface area (Å²) in [5.41, 5.74) is 0.815. The lowest BCUT2D eigenvalue weighted by molar-refractivity contribution is -0.148. The van der Waals surface area contributed by atoms with E-state index in [-0.39, 0.29) is 0 Å². The maximum Gasteiger partial charge on any atom is 0.416 e. The number of aliphatic carboxylic acids is 1. The van der Waals surface area contributed by atoms with Crippen molar-refractivity contribution in [3.8, 4) is 11.3 Å². The Hall–Kier alpha value is -2.75. The first kappa shape index (κ1) is 22.4. The topological polar surface area (TPSA) is 70.7 Å². The minimum absolute atomic E-state index is 0.337. The summed E-state index contributed by atoms with van der Waals surface area (Å²) in [5, 5.41) is 14.4. The molecule has 0 saturated carbocycles. The first-order valence-electron chi connectivity index (χ1n) is 10.1. The fourth-order valence-electron chi connectivity index (χ4n) is 4.17. The molecule has 3 heterocycles. The molecule has 0 amide bonds. The van der Waals surface area contributed by atoms with Crippen molar-refractivity contribution in [1.29, 1.82) is 0 Å². The summed E-state index contributed by atoms with van der Waals surface area (Å²) in [5.74, 6) is -0.0637. The SMILES string of the molecule is CSc1c(C)nc2cc(-c3ccc(C(F)(F)F)cc3)nn2c1N1CCCC(C)(C(=O)O)C1. The van der Waals surface area contributed by atoms with E-state index in [2.05, 4.69) is 10.1 Å². The molecule has 170 valence electrons. The monoisotopic (exact) mass is 464 g/mol. The van der Waals surface area contributed by atoms with Gasteiger partial charge in [-0.05, 0) is 45.1 Å². The van der Waals surface area contributed by atoms with E-state index in [9.17, 15) is 23.1 Å². The molecule has 2 aromatic heterocycles. The van der Waals surface area contributed by atoms with Gasteiger partial charge in [-0.1, -0.05) is 12.1 Å². The highest BCUT2D eigenvalue weighted by Crippen LogP contribution is 2.38. The molecule has 3 aromatic rings. The van der Waals surface area contributed by atoms with Gasteiger partial charge < -0.3 is 10.0 Å². The number of nitrogens with zero attached hydrogens (tertiary/aromatic N) is 4. The van der Waals surface area contributed by atoms with E-state index in [1.165, 1.54) is 23.9 Å². The molecule has 1 unspecified atom stereocenters. The molecule has 4 rings (SSSR count). The Morgan fingerprint density at radius 2 is 1.94 bits per heavy atom. The van der Waals surface area contributed by atoms with Crippen LogP contribution < -0.4 is 4.90 Å². The highest BCUT2D eigenvalue weighted by atomic mass is 32.2. The van der Waals surface area contributed by atoms with E-state index in [4.69, 9.17) is 0 Å². The normalized spacial score (nSPS) is 19.5. The molecule has 1 aliphatic rings. The Morgan fingerprint density at radius 1 is 1.25 bits per heavy atom. The third-order valence-corrected chi connectivity index (χ3v) is 6.82. The van der Waals surface area contributed by atoms with Crippen LogP contribution >= 0.6 is 11.8 Å². The van der Waals surface area contributed by atoms with Crippen LogP contribution in [0.2, 0.25) is 0 Å². The van der Waals surface area contributed by atoms with Gasteiger partial charge in [-0.3, -0.25) is 4.79 Å². The number of rotatable bonds is 4. The van der Waals surface area contributed by atoms with Gasteiger partial charge in [-0.25, -0.2) is 4.98 Å². The van der Waals surface area contributed by atoms with Gasteiger partial charge in [-0.15, -0.1) is 11.8 Å². The summed E-state index contributed by atoms with van der Waals surface area (Å²) in [7, 11) is 0. The van der Waals surface area contributed by atoms with Crippen LogP contribution in [-0.4, -0.2) is 45.0 Å². The number of thioether (sulfide) groups is 1. The molecule has 32 heavy (non-hydrogen) atoms. The number of hydrogen-bond donors (Lipinski definition) is 1. The molecule has 10 heteroatoms. The third-order valence-electron chi connectivity index (χ3n) is 5.93. The van der Waals surface area contributed by atoms with E-state index in [0.29, 0.717) is 36.4 Å². The summed E-state index contributed by atoms with van der Waals surface area (Å²) in [6.45, 7) is 4.66. The van der Waals surface area contributed by atoms with E-state index in [1.807, 2.05) is 18.1 Å². The Kier molecular flexibility index (Phi) is 5.60. The number of carboxylic acid groups (broad SMARTS) is 1. The second-order valence-electron chi connectivity index (χ2n) is 8.32. The molecule has 1 saturated heterocycles. The Morgan fingerprint density at radius 3 is 2.53 bits per heavy atom. The van der Waals surface area contributed by atoms with Crippen molar-refractivity contribution in [3.63, 3.8) is 0 Å². The van der Waals surface area contributed by atoms with Gasteiger partial charge in [0.15, 0.2) is 5.65 Å². The van der Waals surface area contributed by atoms with Gasteiger partial charge in [0.2, 0.25) is 0 Å². The second kappa shape index (κ2) is 7.99. The molecule has 6 nitrogen and oxygen atoms in total. The minimum atomic E-state index is -4.40. The molecular weight excluding hydrogens is 441 g/mol. The number of alkyl halides is 3. The number of hydrogen-bond acceptors (Lipinski definition) is 5. The lowest BCUT2D eigenvalue weighted by Gasteiger charge is -2.39. The zero-order valence-corrected chi connectivity index (χ0v) is 18.7. The van der Waals surface area contributed by atoms with Crippen molar-refractivity contribution in [2.45, 2.75) is 37.8 Å². The summed E-state index contributed by atoms with van der Waals surface area (Å²) >= 11 is 1.51. The van der Waals surface area contributed by atoms with Crippen LogP contribution in [-0.2, 0) is 11.0 Å². The quantitative estimate of drug-likeness (QED) is 0.540. The molecule has 1 atom stereocenters. The Bertz CT molecular complexity index is 1180. The molecule has 0 spiro atoms. The van der Waals surface area contributed by atoms with Crippen LogP contribution in [0.15, 0.2) is 35.2 Å². The lowest BCUT2D eigenvalue weighted by Crippen LogP contribution is -2.47. The molecule has 0 aliphatic carbocycles. The number of fused-ring (bicyclic) bond motifs is 1. The molecule has 1 N–H and O–H groups in total. The number of anilines is 1. The number of aromatic nitrogens is 3. The van der Waals surface area contributed by atoms with Gasteiger partial charge in [0.1, 0.15) is 5.82 Å². The van der Waals surface area contributed by atoms with Crippen molar-refractivity contribution in [2.24, 2.45) is 5.41 Å². The number of halogens is 3. The minimum Gasteiger partial charge on any atom is -0.481 e. The molecular formula is C22H23F3N4O2S. The van der Waals surface area contributed by atoms with Crippen molar-refractivity contribution in [2.75, 3.05) is 24.2 Å². The summed E-state index contributed by atoms with van der Waals surface area (Å²) in [4.78, 5) is 19.4. The summed E-state index contributed by atoms with van der Waals surface area (Å²) in [6.07, 6.45) is -1.15. The average Bonchev–Trinajstić information content (AvgIpc) is 3.15. The van der Waals surface area contributed by atoms with Gasteiger partial charge in [0.05, 0.1) is 27.3 Å². The smallest absolute Gasteiger partial charge is 0.416 e. The molecule has 1 fully saturated rings. The predicted molar refractivity (Wildman–Crippen MR) is 117 cm³/mol. The van der Waals surface area contributed by atoms with Crippen LogP contribution in [0.1, 0.15) is 31.0 Å². The van der Waals surface area contributed by atoms with Gasteiger partial charge in [0.25, 0.3) is 0 Å².